The van der Waals surface area contributed by atoms with Crippen LogP contribution in [0.3, 0.4) is 0 Å². The third-order valence-corrected chi connectivity index (χ3v) is 2.90. The smallest absolute Gasteiger partial charge is 0.0554 e. The summed E-state index contributed by atoms with van der Waals surface area (Å²) < 4.78 is 0. The lowest BCUT2D eigenvalue weighted by atomic mass is 10.3. The van der Waals surface area contributed by atoms with E-state index in [1.54, 1.807) is 0 Å². The third kappa shape index (κ3) is 1.84. The van der Waals surface area contributed by atoms with Gasteiger partial charge in [0.2, 0.25) is 0 Å². The second-order valence-corrected chi connectivity index (χ2v) is 5.01. The molecule has 2 nitrogen and oxygen atoms in total. The first-order chi connectivity index (χ1) is 5.11. The molecule has 0 atom stereocenters. The van der Waals surface area contributed by atoms with Crippen LogP contribution in [0.1, 0.15) is 0 Å². The van der Waals surface area contributed by atoms with E-state index in [-0.39, 0.29) is 7.92 Å². The summed E-state index contributed by atoms with van der Waals surface area (Å²) >= 11 is 0. The summed E-state index contributed by atoms with van der Waals surface area (Å²) in [6, 6.07) is 5.87. The van der Waals surface area contributed by atoms with E-state index < -0.39 is 0 Å². The molecule has 11 heavy (non-hydrogen) atoms. The van der Waals surface area contributed by atoms with E-state index in [9.17, 15) is 0 Å². The summed E-state index contributed by atoms with van der Waals surface area (Å²) in [6.45, 7) is 4.39. The molecule has 0 aliphatic rings. The van der Waals surface area contributed by atoms with Crippen molar-refractivity contribution in [2.75, 3.05) is 24.8 Å². The van der Waals surface area contributed by atoms with E-state index in [1.165, 1.54) is 5.30 Å². The van der Waals surface area contributed by atoms with Crippen LogP contribution in [-0.4, -0.2) is 13.3 Å². The second-order valence-electron chi connectivity index (χ2n) is 2.71. The van der Waals surface area contributed by atoms with Crippen LogP contribution >= 0.6 is 7.92 Å². The second kappa shape index (κ2) is 3.10. The van der Waals surface area contributed by atoms with Gasteiger partial charge in [0, 0.05) is 0 Å². The highest BCUT2D eigenvalue weighted by Gasteiger charge is 1.99. The predicted molar refractivity (Wildman–Crippen MR) is 53.7 cm³/mol. The zero-order valence-corrected chi connectivity index (χ0v) is 7.73. The Kier molecular flexibility index (Phi) is 2.35. The molecule has 4 N–H and O–H groups in total. The van der Waals surface area contributed by atoms with Crippen LogP contribution in [0.4, 0.5) is 11.4 Å². The number of rotatable bonds is 1. The van der Waals surface area contributed by atoms with Crippen LogP contribution in [0.15, 0.2) is 18.2 Å². The molecule has 1 rings (SSSR count). The fraction of sp³-hybridized carbons (Fsp3) is 0.250. The van der Waals surface area contributed by atoms with Crippen LogP contribution < -0.4 is 16.8 Å². The van der Waals surface area contributed by atoms with E-state index in [0.29, 0.717) is 11.4 Å². The van der Waals surface area contributed by atoms with Crippen LogP contribution in [-0.2, 0) is 0 Å². The van der Waals surface area contributed by atoms with Crippen molar-refractivity contribution in [3.63, 3.8) is 0 Å². The van der Waals surface area contributed by atoms with Gasteiger partial charge in [-0.25, -0.2) is 0 Å². The molecule has 0 fully saturated rings. The maximum atomic E-state index is 5.64. The molecule has 0 spiro atoms. The minimum atomic E-state index is -0.0597. The van der Waals surface area contributed by atoms with Crippen molar-refractivity contribution >= 4 is 24.6 Å². The molecule has 0 unspecified atom stereocenters. The summed E-state index contributed by atoms with van der Waals surface area (Å²) in [6.07, 6.45) is 0. The molecule has 0 aromatic heterocycles. The molecule has 3 heteroatoms. The average molecular weight is 168 g/mol. The Bertz CT molecular complexity index is 258. The lowest BCUT2D eigenvalue weighted by molar-refractivity contribution is 1.70. The lowest BCUT2D eigenvalue weighted by Gasteiger charge is -2.07. The Morgan fingerprint density at radius 1 is 1.09 bits per heavy atom. The summed E-state index contributed by atoms with van der Waals surface area (Å²) in [4.78, 5) is 0. The van der Waals surface area contributed by atoms with Crippen molar-refractivity contribution in [3.8, 4) is 0 Å². The van der Waals surface area contributed by atoms with Gasteiger partial charge in [-0.15, -0.1) is 0 Å². The van der Waals surface area contributed by atoms with Gasteiger partial charge in [-0.05, 0) is 30.8 Å². The maximum Gasteiger partial charge on any atom is 0.0554 e. The summed E-state index contributed by atoms with van der Waals surface area (Å²) in [5.74, 6) is 0. The molecular weight excluding hydrogens is 155 g/mol. The van der Waals surface area contributed by atoms with Gasteiger partial charge in [0.15, 0.2) is 0 Å². The van der Waals surface area contributed by atoms with Gasteiger partial charge in [0.25, 0.3) is 0 Å². The molecule has 0 aliphatic heterocycles. The normalized spacial score (nSPS) is 10.5. The van der Waals surface area contributed by atoms with E-state index in [1.807, 2.05) is 18.2 Å². The van der Waals surface area contributed by atoms with Gasteiger partial charge < -0.3 is 11.5 Å². The minimum Gasteiger partial charge on any atom is -0.397 e. The predicted octanol–water partition coefficient (Wildman–Crippen LogP) is 1.22. The van der Waals surface area contributed by atoms with Crippen LogP contribution in [0, 0.1) is 0 Å². The molecule has 0 amide bonds. The molecule has 1 aromatic carbocycles. The Balaban J connectivity index is 3.05. The Morgan fingerprint density at radius 3 is 2.18 bits per heavy atom. The molecule has 60 valence electrons. The quantitative estimate of drug-likeness (QED) is 0.489. The molecule has 0 saturated heterocycles. The molecule has 0 heterocycles. The first kappa shape index (κ1) is 8.35. The van der Waals surface area contributed by atoms with Crippen molar-refractivity contribution in [3.05, 3.63) is 18.2 Å². The van der Waals surface area contributed by atoms with Crippen molar-refractivity contribution < 1.29 is 0 Å². The van der Waals surface area contributed by atoms with Gasteiger partial charge in [-0.2, -0.15) is 0 Å². The lowest BCUT2D eigenvalue weighted by Crippen LogP contribution is -2.03. The fourth-order valence-electron chi connectivity index (χ4n) is 0.840. The highest BCUT2D eigenvalue weighted by atomic mass is 31.1. The summed E-state index contributed by atoms with van der Waals surface area (Å²) in [7, 11) is -0.0597. The third-order valence-electron chi connectivity index (χ3n) is 1.59. The van der Waals surface area contributed by atoms with Crippen molar-refractivity contribution in [2.45, 2.75) is 0 Å². The fourth-order valence-corrected chi connectivity index (χ4v) is 1.61. The first-order valence-corrected chi connectivity index (χ1v) is 5.67. The Hall–Kier alpha value is -0.750. The number of nitrogens with two attached hydrogens (primary N) is 2. The Morgan fingerprint density at radius 2 is 1.73 bits per heavy atom. The van der Waals surface area contributed by atoms with Crippen LogP contribution in [0.25, 0.3) is 0 Å². The average Bonchev–Trinajstić information content (AvgIpc) is 1.94. The molecule has 0 radical (unpaired) electrons. The number of anilines is 2. The topological polar surface area (TPSA) is 52.0 Å². The largest absolute Gasteiger partial charge is 0.397 e. The molecule has 1 aromatic rings. The van der Waals surface area contributed by atoms with E-state index in [2.05, 4.69) is 13.3 Å². The van der Waals surface area contributed by atoms with Gasteiger partial charge in [-0.3, -0.25) is 0 Å². The summed E-state index contributed by atoms with van der Waals surface area (Å²) in [5.41, 5.74) is 12.6. The first-order valence-electron chi connectivity index (χ1n) is 3.43. The number of hydrogen-bond acceptors (Lipinski definition) is 2. The SMILES string of the molecule is CP(C)c1ccc(N)c(N)c1. The maximum absolute atomic E-state index is 5.64. The number of nitrogen functional groups attached to an aromatic ring is 2. The van der Waals surface area contributed by atoms with E-state index in [4.69, 9.17) is 11.5 Å². The molecule has 0 bridgehead atoms. The van der Waals surface area contributed by atoms with Crippen molar-refractivity contribution in [1.82, 2.24) is 0 Å². The van der Waals surface area contributed by atoms with Gasteiger partial charge in [-0.1, -0.05) is 14.0 Å². The zero-order valence-electron chi connectivity index (χ0n) is 6.83. The monoisotopic (exact) mass is 168 g/mol. The van der Waals surface area contributed by atoms with Crippen molar-refractivity contribution in [2.24, 2.45) is 0 Å². The molecular formula is C8H13N2P. The van der Waals surface area contributed by atoms with Crippen LogP contribution in [0.5, 0.6) is 0 Å². The van der Waals surface area contributed by atoms with Gasteiger partial charge in [0.05, 0.1) is 11.4 Å². The van der Waals surface area contributed by atoms with Crippen LogP contribution in [0.2, 0.25) is 0 Å². The molecule has 0 aliphatic carbocycles. The van der Waals surface area contributed by atoms with E-state index >= 15 is 0 Å². The van der Waals surface area contributed by atoms with Gasteiger partial charge >= 0.3 is 0 Å². The van der Waals surface area contributed by atoms with Crippen molar-refractivity contribution in [1.29, 1.82) is 0 Å². The highest BCUT2D eigenvalue weighted by Crippen LogP contribution is 2.25. The standard InChI is InChI=1S/C8H13N2P/c1-11(2)6-3-4-7(9)8(10)5-6/h3-5H,9-10H2,1-2H3. The summed E-state index contributed by atoms with van der Waals surface area (Å²) in [5, 5.41) is 1.30. The minimum absolute atomic E-state index is 0.0597. The Labute approximate surface area is 68.3 Å². The molecule has 0 saturated carbocycles. The number of hydrogen-bond donors (Lipinski definition) is 2. The number of benzene rings is 1. The van der Waals surface area contributed by atoms with Gasteiger partial charge in [0.1, 0.15) is 0 Å². The zero-order chi connectivity index (χ0) is 8.43. The van der Waals surface area contributed by atoms with E-state index in [0.717, 1.165) is 0 Å². The highest BCUT2D eigenvalue weighted by molar-refractivity contribution is 7.64.